The number of nitrogens with zero attached hydrogens (tertiary/aromatic N) is 2. The number of halogens is 1. The number of pyridine rings is 1. The lowest BCUT2D eigenvalue weighted by Crippen LogP contribution is -2.07. The largest absolute Gasteiger partial charge is 0.370 e. The zero-order chi connectivity index (χ0) is 14.5. The van der Waals surface area contributed by atoms with E-state index in [9.17, 15) is 14.5 Å². The molecule has 5 nitrogen and oxygen atoms in total. The average molecular weight is 275 g/mol. The first-order chi connectivity index (χ1) is 9.56. The van der Waals surface area contributed by atoms with E-state index >= 15 is 0 Å². The summed E-state index contributed by atoms with van der Waals surface area (Å²) in [5.74, 6) is 0.338. The van der Waals surface area contributed by atoms with Gasteiger partial charge in [-0.1, -0.05) is 12.1 Å². The van der Waals surface area contributed by atoms with Crippen LogP contribution in [-0.2, 0) is 6.42 Å². The van der Waals surface area contributed by atoms with E-state index < -0.39 is 4.92 Å². The number of anilines is 1. The summed E-state index contributed by atoms with van der Waals surface area (Å²) in [6.45, 7) is 2.22. The Morgan fingerprint density at radius 2 is 1.95 bits per heavy atom. The molecule has 0 radical (unpaired) electrons. The van der Waals surface area contributed by atoms with E-state index in [1.165, 1.54) is 18.2 Å². The fourth-order valence-corrected chi connectivity index (χ4v) is 1.83. The summed E-state index contributed by atoms with van der Waals surface area (Å²) < 4.78 is 12.7. The van der Waals surface area contributed by atoms with Crippen LogP contribution in [0.3, 0.4) is 0 Å². The van der Waals surface area contributed by atoms with Crippen molar-refractivity contribution in [2.45, 2.75) is 13.3 Å². The molecule has 0 aliphatic heterocycles. The van der Waals surface area contributed by atoms with Gasteiger partial charge < -0.3 is 5.32 Å². The highest BCUT2D eigenvalue weighted by molar-refractivity contribution is 5.44. The smallest absolute Gasteiger partial charge is 0.290 e. The number of aryl methyl sites for hydroxylation is 1. The van der Waals surface area contributed by atoms with Gasteiger partial charge in [0.15, 0.2) is 0 Å². The van der Waals surface area contributed by atoms with Crippen LogP contribution in [0.5, 0.6) is 0 Å². The van der Waals surface area contributed by atoms with Crippen LogP contribution in [-0.4, -0.2) is 16.5 Å². The summed E-state index contributed by atoms with van der Waals surface area (Å²) in [5.41, 5.74) is 1.40. The van der Waals surface area contributed by atoms with Crippen molar-refractivity contribution in [1.29, 1.82) is 0 Å². The summed E-state index contributed by atoms with van der Waals surface area (Å²) in [4.78, 5) is 14.3. The zero-order valence-corrected chi connectivity index (χ0v) is 11.0. The normalized spacial score (nSPS) is 10.3. The molecule has 0 fully saturated rings. The summed E-state index contributed by atoms with van der Waals surface area (Å²) in [5, 5.41) is 13.8. The monoisotopic (exact) mass is 275 g/mol. The molecule has 0 unspecified atom stereocenters. The summed E-state index contributed by atoms with van der Waals surface area (Å²) in [6, 6.07) is 9.31. The van der Waals surface area contributed by atoms with Gasteiger partial charge >= 0.3 is 0 Å². The Kier molecular flexibility index (Phi) is 4.24. The molecule has 2 aromatic rings. The molecule has 6 heteroatoms. The Hall–Kier alpha value is -2.50. The first-order valence-corrected chi connectivity index (χ1v) is 6.16. The van der Waals surface area contributed by atoms with Crippen molar-refractivity contribution in [3.63, 3.8) is 0 Å². The molecule has 2 rings (SSSR count). The highest BCUT2D eigenvalue weighted by Crippen LogP contribution is 2.17. The number of hydrogen-bond donors (Lipinski definition) is 1. The summed E-state index contributed by atoms with van der Waals surface area (Å²) in [6.07, 6.45) is 0.720. The van der Waals surface area contributed by atoms with Gasteiger partial charge in [-0.2, -0.15) is 0 Å². The van der Waals surface area contributed by atoms with E-state index in [4.69, 9.17) is 0 Å². The average Bonchev–Trinajstić information content (AvgIpc) is 2.41. The van der Waals surface area contributed by atoms with Crippen LogP contribution in [0.25, 0.3) is 0 Å². The Bertz CT molecular complexity index is 614. The first-order valence-electron chi connectivity index (χ1n) is 6.16. The van der Waals surface area contributed by atoms with Crippen molar-refractivity contribution >= 4 is 11.5 Å². The van der Waals surface area contributed by atoms with Gasteiger partial charge in [0.2, 0.25) is 0 Å². The minimum atomic E-state index is -0.454. The standard InChI is InChI=1S/C14H14FN3O2/c1-10-13(18(19)20)6-7-14(17-10)16-9-8-11-2-4-12(15)5-3-11/h2-7H,8-9H2,1H3,(H,16,17). The molecule has 0 amide bonds. The van der Waals surface area contributed by atoms with E-state index in [0.717, 1.165) is 12.0 Å². The molecule has 0 aliphatic rings. The molecule has 1 aromatic heterocycles. The lowest BCUT2D eigenvalue weighted by Gasteiger charge is -2.06. The third-order valence-corrected chi connectivity index (χ3v) is 2.89. The van der Waals surface area contributed by atoms with Gasteiger partial charge in [0.05, 0.1) is 4.92 Å². The third kappa shape index (κ3) is 3.50. The van der Waals surface area contributed by atoms with Crippen LogP contribution in [0.15, 0.2) is 36.4 Å². The van der Waals surface area contributed by atoms with E-state index in [1.54, 1.807) is 25.1 Å². The van der Waals surface area contributed by atoms with Crippen LogP contribution < -0.4 is 5.32 Å². The van der Waals surface area contributed by atoms with Gasteiger partial charge in [0.1, 0.15) is 17.3 Å². The predicted octanol–water partition coefficient (Wildman–Crippen LogP) is 3.09. The zero-order valence-electron chi connectivity index (χ0n) is 11.0. The lowest BCUT2D eigenvalue weighted by atomic mass is 10.1. The topological polar surface area (TPSA) is 68.1 Å². The number of nitro groups is 1. The van der Waals surface area contributed by atoms with Crippen molar-refractivity contribution in [2.24, 2.45) is 0 Å². The van der Waals surface area contributed by atoms with Gasteiger partial charge in [-0.25, -0.2) is 9.37 Å². The summed E-state index contributed by atoms with van der Waals surface area (Å²) in [7, 11) is 0. The SMILES string of the molecule is Cc1nc(NCCc2ccc(F)cc2)ccc1[N+](=O)[O-]. The molecule has 0 atom stereocenters. The molecule has 0 bridgehead atoms. The van der Waals surface area contributed by atoms with E-state index in [2.05, 4.69) is 10.3 Å². The predicted molar refractivity (Wildman–Crippen MR) is 74.2 cm³/mol. The fourth-order valence-electron chi connectivity index (χ4n) is 1.83. The van der Waals surface area contributed by atoms with Gasteiger partial charge in [0.25, 0.3) is 5.69 Å². The molecule has 0 saturated heterocycles. The Balaban J connectivity index is 1.92. The maximum absolute atomic E-state index is 12.7. The molecule has 0 saturated carbocycles. The van der Waals surface area contributed by atoms with E-state index in [0.29, 0.717) is 18.1 Å². The van der Waals surface area contributed by atoms with Crippen LogP contribution >= 0.6 is 0 Å². The Labute approximate surface area is 115 Å². The first kappa shape index (κ1) is 13.9. The van der Waals surface area contributed by atoms with E-state index in [1.807, 2.05) is 0 Å². The summed E-state index contributed by atoms with van der Waals surface area (Å²) >= 11 is 0. The third-order valence-electron chi connectivity index (χ3n) is 2.89. The molecule has 0 aliphatic carbocycles. The maximum atomic E-state index is 12.7. The van der Waals surface area contributed by atoms with Gasteiger partial charge in [-0.05, 0) is 37.1 Å². The molecule has 1 aromatic carbocycles. The number of benzene rings is 1. The van der Waals surface area contributed by atoms with Crippen molar-refractivity contribution in [3.8, 4) is 0 Å². The van der Waals surface area contributed by atoms with Crippen LogP contribution in [0.4, 0.5) is 15.9 Å². The number of hydrogen-bond acceptors (Lipinski definition) is 4. The van der Waals surface area contributed by atoms with E-state index in [-0.39, 0.29) is 11.5 Å². The molecular weight excluding hydrogens is 261 g/mol. The quantitative estimate of drug-likeness (QED) is 0.672. The van der Waals surface area contributed by atoms with Gasteiger partial charge in [-0.15, -0.1) is 0 Å². The molecule has 104 valence electrons. The second kappa shape index (κ2) is 6.10. The van der Waals surface area contributed by atoms with Crippen molar-refractivity contribution in [2.75, 3.05) is 11.9 Å². The van der Waals surface area contributed by atoms with Crippen molar-refractivity contribution < 1.29 is 9.31 Å². The van der Waals surface area contributed by atoms with Crippen LogP contribution in [0.1, 0.15) is 11.3 Å². The van der Waals surface area contributed by atoms with Gasteiger partial charge in [0, 0.05) is 12.6 Å². The Morgan fingerprint density at radius 3 is 2.55 bits per heavy atom. The number of rotatable bonds is 5. The van der Waals surface area contributed by atoms with Crippen LogP contribution in [0, 0.1) is 22.9 Å². The highest BCUT2D eigenvalue weighted by atomic mass is 19.1. The second-order valence-corrected chi connectivity index (χ2v) is 4.36. The second-order valence-electron chi connectivity index (χ2n) is 4.36. The molecular formula is C14H14FN3O2. The minimum Gasteiger partial charge on any atom is -0.370 e. The highest BCUT2D eigenvalue weighted by Gasteiger charge is 2.11. The molecule has 1 N–H and O–H groups in total. The van der Waals surface area contributed by atoms with Crippen molar-refractivity contribution in [1.82, 2.24) is 4.98 Å². The Morgan fingerprint density at radius 1 is 1.25 bits per heavy atom. The number of nitrogens with one attached hydrogen (secondary N) is 1. The lowest BCUT2D eigenvalue weighted by molar-refractivity contribution is -0.385. The van der Waals surface area contributed by atoms with Crippen LogP contribution in [0.2, 0.25) is 0 Å². The van der Waals surface area contributed by atoms with Gasteiger partial charge in [-0.3, -0.25) is 10.1 Å². The molecule has 1 heterocycles. The molecule has 0 spiro atoms. The number of aromatic nitrogens is 1. The molecule has 20 heavy (non-hydrogen) atoms. The maximum Gasteiger partial charge on any atom is 0.290 e. The fraction of sp³-hybridized carbons (Fsp3) is 0.214. The van der Waals surface area contributed by atoms with Crippen molar-refractivity contribution in [3.05, 3.63) is 63.6 Å². The minimum absolute atomic E-state index is 0.00841.